The topological polar surface area (TPSA) is 116 Å². The fourth-order valence-electron chi connectivity index (χ4n) is 3.70. The summed E-state index contributed by atoms with van der Waals surface area (Å²) < 4.78 is 27.6. The first kappa shape index (κ1) is 22.3. The Labute approximate surface area is 167 Å². The zero-order valence-electron chi connectivity index (χ0n) is 16.8. The molecular formula is C20H30N4O3S. The van der Waals surface area contributed by atoms with Gasteiger partial charge in [0.25, 0.3) is 0 Å². The van der Waals surface area contributed by atoms with Crippen LogP contribution in [0.2, 0.25) is 0 Å². The van der Waals surface area contributed by atoms with Crippen LogP contribution in [0.5, 0.6) is 0 Å². The van der Waals surface area contributed by atoms with Gasteiger partial charge in [-0.2, -0.15) is 9.57 Å². The van der Waals surface area contributed by atoms with Gasteiger partial charge in [0.05, 0.1) is 16.5 Å². The number of rotatable bonds is 7. The van der Waals surface area contributed by atoms with Crippen LogP contribution in [-0.2, 0) is 14.8 Å². The molecule has 1 amide bonds. The maximum absolute atomic E-state index is 13.1. The second-order valence-corrected chi connectivity index (χ2v) is 10.1. The number of hydrogen-bond acceptors (Lipinski definition) is 5. The lowest BCUT2D eigenvalue weighted by Gasteiger charge is -2.34. The van der Waals surface area contributed by atoms with Gasteiger partial charge in [0.2, 0.25) is 15.9 Å². The maximum atomic E-state index is 13.1. The molecule has 1 aliphatic rings. The summed E-state index contributed by atoms with van der Waals surface area (Å²) in [5, 5.41) is 12.6. The Balaban J connectivity index is 2.18. The van der Waals surface area contributed by atoms with Crippen LogP contribution in [0.3, 0.4) is 0 Å². The Hall–Kier alpha value is -1.95. The SMILES string of the molecule is CC(C)C[C@H](NC1(C)CCCN(S(=O)(=O)c2ccccc2C#N)CC1)C(N)=O. The molecule has 0 aromatic heterocycles. The standard InChI is InChI=1S/C20H30N4O3S/c1-15(2)13-17(19(22)25)23-20(3)9-6-11-24(12-10-20)28(26,27)18-8-5-4-7-16(18)14-21/h4-5,7-8,15,17,23H,6,9-13H2,1-3H3,(H2,22,25)/t17-,20?/m0/s1. The number of nitrogens with two attached hydrogens (primary N) is 1. The molecule has 0 aliphatic carbocycles. The Morgan fingerprint density at radius 2 is 2.00 bits per heavy atom. The summed E-state index contributed by atoms with van der Waals surface area (Å²) in [6.45, 7) is 6.79. The zero-order valence-corrected chi connectivity index (χ0v) is 17.6. The summed E-state index contributed by atoms with van der Waals surface area (Å²) in [5.41, 5.74) is 5.34. The van der Waals surface area contributed by atoms with Crippen molar-refractivity contribution in [2.75, 3.05) is 13.1 Å². The van der Waals surface area contributed by atoms with Crippen LogP contribution in [0.15, 0.2) is 29.2 Å². The lowest BCUT2D eigenvalue weighted by molar-refractivity contribution is -0.121. The number of amides is 1. The van der Waals surface area contributed by atoms with Gasteiger partial charge in [-0.25, -0.2) is 8.42 Å². The zero-order chi connectivity index (χ0) is 20.9. The van der Waals surface area contributed by atoms with Gasteiger partial charge in [-0.05, 0) is 50.7 Å². The fraction of sp³-hybridized carbons (Fsp3) is 0.600. The number of carbonyl (C=O) groups excluding carboxylic acids is 1. The van der Waals surface area contributed by atoms with E-state index in [1.54, 1.807) is 12.1 Å². The Kier molecular flexibility index (Phi) is 7.21. The lowest BCUT2D eigenvalue weighted by atomic mass is 9.90. The van der Waals surface area contributed by atoms with Crippen molar-refractivity contribution in [2.24, 2.45) is 11.7 Å². The van der Waals surface area contributed by atoms with Gasteiger partial charge in [0.15, 0.2) is 0 Å². The van der Waals surface area contributed by atoms with E-state index in [-0.39, 0.29) is 21.9 Å². The van der Waals surface area contributed by atoms with Crippen molar-refractivity contribution in [2.45, 2.75) is 62.9 Å². The van der Waals surface area contributed by atoms with Gasteiger partial charge in [-0.1, -0.05) is 26.0 Å². The minimum atomic E-state index is -3.75. The quantitative estimate of drug-likeness (QED) is 0.718. The van der Waals surface area contributed by atoms with E-state index in [1.165, 1.54) is 16.4 Å². The summed E-state index contributed by atoms with van der Waals surface area (Å²) in [6, 6.07) is 7.79. The number of hydrogen-bond donors (Lipinski definition) is 2. The van der Waals surface area contributed by atoms with E-state index < -0.39 is 16.1 Å². The molecule has 7 nitrogen and oxygen atoms in total. The lowest BCUT2D eigenvalue weighted by Crippen LogP contribution is -2.54. The molecule has 154 valence electrons. The number of nitrogens with one attached hydrogen (secondary N) is 1. The molecule has 1 saturated heterocycles. The molecule has 8 heteroatoms. The predicted molar refractivity (Wildman–Crippen MR) is 108 cm³/mol. The third-order valence-corrected chi connectivity index (χ3v) is 7.20. The average molecular weight is 407 g/mol. The molecule has 1 aromatic carbocycles. The van der Waals surface area contributed by atoms with E-state index in [4.69, 9.17) is 5.73 Å². The molecule has 28 heavy (non-hydrogen) atoms. The highest BCUT2D eigenvalue weighted by Crippen LogP contribution is 2.28. The number of nitriles is 1. The Morgan fingerprint density at radius 1 is 1.32 bits per heavy atom. The summed E-state index contributed by atoms with van der Waals surface area (Å²) >= 11 is 0. The molecule has 2 atom stereocenters. The third-order valence-electron chi connectivity index (χ3n) is 5.25. The number of benzene rings is 1. The van der Waals surface area contributed by atoms with E-state index in [9.17, 15) is 18.5 Å². The number of nitrogens with zero attached hydrogens (tertiary/aromatic N) is 2. The first-order chi connectivity index (χ1) is 13.1. The van der Waals surface area contributed by atoms with E-state index in [2.05, 4.69) is 5.32 Å². The smallest absolute Gasteiger partial charge is 0.244 e. The molecule has 1 aromatic rings. The Bertz CT molecular complexity index is 847. The molecule has 0 radical (unpaired) electrons. The number of sulfonamides is 1. The highest BCUT2D eigenvalue weighted by molar-refractivity contribution is 7.89. The molecular weight excluding hydrogens is 376 g/mol. The summed E-state index contributed by atoms with van der Waals surface area (Å²) in [5.74, 6) is -0.0645. The molecule has 1 fully saturated rings. The van der Waals surface area contributed by atoms with Crippen LogP contribution in [0.4, 0.5) is 0 Å². The number of carbonyl (C=O) groups is 1. The van der Waals surface area contributed by atoms with Crippen molar-refractivity contribution >= 4 is 15.9 Å². The van der Waals surface area contributed by atoms with E-state index in [0.29, 0.717) is 38.3 Å². The normalized spacial score (nSPS) is 22.4. The van der Waals surface area contributed by atoms with E-state index >= 15 is 0 Å². The minimum Gasteiger partial charge on any atom is -0.368 e. The van der Waals surface area contributed by atoms with Crippen molar-refractivity contribution in [3.8, 4) is 6.07 Å². The highest BCUT2D eigenvalue weighted by Gasteiger charge is 2.36. The molecule has 1 heterocycles. The molecule has 1 unspecified atom stereocenters. The number of primary amides is 1. The van der Waals surface area contributed by atoms with Gasteiger partial charge >= 0.3 is 0 Å². The van der Waals surface area contributed by atoms with Gasteiger partial charge in [-0.15, -0.1) is 0 Å². The van der Waals surface area contributed by atoms with E-state index in [1.807, 2.05) is 26.8 Å². The van der Waals surface area contributed by atoms with Crippen LogP contribution in [0, 0.1) is 17.2 Å². The van der Waals surface area contributed by atoms with Crippen molar-refractivity contribution < 1.29 is 13.2 Å². The van der Waals surface area contributed by atoms with Gasteiger partial charge in [-0.3, -0.25) is 4.79 Å². The van der Waals surface area contributed by atoms with E-state index in [0.717, 1.165) is 6.42 Å². The predicted octanol–water partition coefficient (Wildman–Crippen LogP) is 1.98. The maximum Gasteiger partial charge on any atom is 0.244 e. The van der Waals surface area contributed by atoms with Crippen molar-refractivity contribution in [3.63, 3.8) is 0 Å². The van der Waals surface area contributed by atoms with Gasteiger partial charge in [0, 0.05) is 18.6 Å². The van der Waals surface area contributed by atoms with Crippen molar-refractivity contribution in [1.29, 1.82) is 5.26 Å². The van der Waals surface area contributed by atoms with Gasteiger partial charge in [0.1, 0.15) is 6.07 Å². The third kappa shape index (κ3) is 5.31. The largest absolute Gasteiger partial charge is 0.368 e. The first-order valence-electron chi connectivity index (χ1n) is 9.65. The molecule has 1 aliphatic heterocycles. The molecule has 2 rings (SSSR count). The Morgan fingerprint density at radius 3 is 2.61 bits per heavy atom. The van der Waals surface area contributed by atoms with Crippen molar-refractivity contribution in [1.82, 2.24) is 9.62 Å². The van der Waals surface area contributed by atoms with Gasteiger partial charge < -0.3 is 11.1 Å². The van der Waals surface area contributed by atoms with Crippen LogP contribution in [-0.4, -0.2) is 43.3 Å². The molecule has 0 saturated carbocycles. The van der Waals surface area contributed by atoms with Crippen LogP contribution in [0.1, 0.15) is 52.0 Å². The monoisotopic (exact) mass is 406 g/mol. The second kappa shape index (κ2) is 9.03. The average Bonchev–Trinajstić information content (AvgIpc) is 2.83. The second-order valence-electron chi connectivity index (χ2n) is 8.16. The molecule has 0 spiro atoms. The van der Waals surface area contributed by atoms with Crippen LogP contribution < -0.4 is 11.1 Å². The minimum absolute atomic E-state index is 0.0453. The fourth-order valence-corrected chi connectivity index (χ4v) is 5.32. The first-order valence-corrected chi connectivity index (χ1v) is 11.1. The summed E-state index contributed by atoms with van der Waals surface area (Å²) in [6.07, 6.45) is 2.59. The van der Waals surface area contributed by atoms with Crippen LogP contribution in [0.25, 0.3) is 0 Å². The van der Waals surface area contributed by atoms with Crippen LogP contribution >= 0.6 is 0 Å². The highest BCUT2D eigenvalue weighted by atomic mass is 32.2. The summed E-state index contributed by atoms with van der Waals surface area (Å²) in [7, 11) is -3.75. The molecule has 0 bridgehead atoms. The molecule has 3 N–H and O–H groups in total. The summed E-state index contributed by atoms with van der Waals surface area (Å²) in [4.78, 5) is 11.9. The van der Waals surface area contributed by atoms with Crippen molar-refractivity contribution in [3.05, 3.63) is 29.8 Å².